The number of ether oxygens (including phenoxy) is 1. The highest BCUT2D eigenvalue weighted by molar-refractivity contribution is 5.82. The van der Waals surface area contributed by atoms with E-state index < -0.39 is 0 Å². The summed E-state index contributed by atoms with van der Waals surface area (Å²) in [6.45, 7) is 0. The molecule has 4 heteroatoms. The molecule has 2 rings (SSSR count). The molecule has 4 nitrogen and oxygen atoms in total. The Kier molecular flexibility index (Phi) is 3.76. The second-order valence-corrected chi connectivity index (χ2v) is 5.38. The van der Waals surface area contributed by atoms with Crippen molar-refractivity contribution in [3.8, 4) is 0 Å². The van der Waals surface area contributed by atoms with Crippen molar-refractivity contribution >= 4 is 5.91 Å². The zero-order valence-corrected chi connectivity index (χ0v) is 11.6. The Balaban J connectivity index is 2.20. The Morgan fingerprint density at radius 1 is 1.28 bits per heavy atom. The summed E-state index contributed by atoms with van der Waals surface area (Å²) in [6, 6.07) is 0. The highest BCUT2D eigenvalue weighted by Gasteiger charge is 2.38. The van der Waals surface area contributed by atoms with E-state index in [0.717, 1.165) is 18.5 Å². The first kappa shape index (κ1) is 13.1. The molecule has 1 fully saturated rings. The number of hydrogen-bond donors (Lipinski definition) is 0. The number of nitrogens with zero attached hydrogens (tertiary/aromatic N) is 2. The number of amides is 1. The monoisotopic (exact) mass is 250 g/mol. The van der Waals surface area contributed by atoms with Crippen LogP contribution in [-0.2, 0) is 9.53 Å². The van der Waals surface area contributed by atoms with Gasteiger partial charge in [0.1, 0.15) is 5.92 Å². The van der Waals surface area contributed by atoms with Gasteiger partial charge >= 0.3 is 0 Å². The molecule has 0 aromatic carbocycles. The highest BCUT2D eigenvalue weighted by Crippen LogP contribution is 2.32. The fourth-order valence-electron chi connectivity index (χ4n) is 2.17. The van der Waals surface area contributed by atoms with Gasteiger partial charge < -0.3 is 14.5 Å². The zero-order valence-electron chi connectivity index (χ0n) is 11.6. The van der Waals surface area contributed by atoms with Crippen LogP contribution >= 0.6 is 0 Å². The van der Waals surface area contributed by atoms with Gasteiger partial charge in [-0.05, 0) is 18.9 Å². The van der Waals surface area contributed by atoms with Crippen LogP contribution in [0.4, 0.5) is 0 Å². The molecule has 1 saturated carbocycles. The Morgan fingerprint density at radius 3 is 2.44 bits per heavy atom. The number of allylic oxidation sites excluding steroid dienone is 2. The van der Waals surface area contributed by atoms with Gasteiger partial charge in [0.05, 0.1) is 12.2 Å². The molecule has 0 aromatic heterocycles. The minimum Gasteiger partial charge on any atom is -0.380 e. The van der Waals surface area contributed by atoms with Crippen LogP contribution in [0.2, 0.25) is 0 Å². The summed E-state index contributed by atoms with van der Waals surface area (Å²) >= 11 is 0. The predicted octanol–water partition coefficient (Wildman–Crippen LogP) is 1.25. The van der Waals surface area contributed by atoms with Gasteiger partial charge in [0.15, 0.2) is 0 Å². The molecule has 0 aromatic rings. The molecule has 18 heavy (non-hydrogen) atoms. The van der Waals surface area contributed by atoms with Crippen molar-refractivity contribution in [1.29, 1.82) is 0 Å². The maximum absolute atomic E-state index is 12.4. The Bertz CT molecular complexity index is 381. The molecule has 100 valence electrons. The van der Waals surface area contributed by atoms with Gasteiger partial charge in [-0.25, -0.2) is 0 Å². The molecule has 0 bridgehead atoms. The van der Waals surface area contributed by atoms with Crippen LogP contribution in [0.1, 0.15) is 12.8 Å². The molecule has 0 spiro atoms. The normalized spacial score (nSPS) is 26.8. The predicted molar refractivity (Wildman–Crippen MR) is 71.0 cm³/mol. The second kappa shape index (κ2) is 5.14. The third-order valence-corrected chi connectivity index (χ3v) is 3.31. The van der Waals surface area contributed by atoms with Crippen LogP contribution in [0, 0.1) is 5.92 Å². The maximum atomic E-state index is 12.4. The van der Waals surface area contributed by atoms with Gasteiger partial charge in [-0.2, -0.15) is 0 Å². The standard InChI is InChI=1S/C14H22N2O2/c1-15(2)11-6-5-7-12(18-10-8-9-10)13(11)14(17)16(3)4/h5-7,10,12-13H,8-9H2,1-4H3. The van der Waals surface area contributed by atoms with Crippen molar-refractivity contribution in [2.24, 2.45) is 5.92 Å². The number of rotatable bonds is 4. The van der Waals surface area contributed by atoms with Crippen LogP contribution in [0.3, 0.4) is 0 Å². The molecular weight excluding hydrogens is 228 g/mol. The van der Waals surface area contributed by atoms with Gasteiger partial charge in [0, 0.05) is 33.9 Å². The van der Waals surface area contributed by atoms with Crippen LogP contribution in [0.5, 0.6) is 0 Å². The van der Waals surface area contributed by atoms with Crippen molar-refractivity contribution < 1.29 is 9.53 Å². The molecular formula is C14H22N2O2. The lowest BCUT2D eigenvalue weighted by atomic mass is 9.91. The fraction of sp³-hybridized carbons (Fsp3) is 0.643. The molecule has 1 amide bonds. The van der Waals surface area contributed by atoms with E-state index in [0.29, 0.717) is 6.10 Å². The Labute approximate surface area is 109 Å². The molecule has 0 radical (unpaired) electrons. The van der Waals surface area contributed by atoms with E-state index in [4.69, 9.17) is 4.74 Å². The van der Waals surface area contributed by atoms with Crippen molar-refractivity contribution in [2.45, 2.75) is 25.0 Å². The van der Waals surface area contributed by atoms with Gasteiger partial charge in [-0.1, -0.05) is 12.2 Å². The summed E-state index contributed by atoms with van der Waals surface area (Å²) in [5, 5.41) is 0. The Morgan fingerprint density at radius 2 is 1.94 bits per heavy atom. The summed E-state index contributed by atoms with van der Waals surface area (Å²) in [7, 11) is 7.52. The van der Waals surface area contributed by atoms with E-state index >= 15 is 0 Å². The summed E-state index contributed by atoms with van der Waals surface area (Å²) in [5.74, 6) is -0.120. The van der Waals surface area contributed by atoms with Crippen molar-refractivity contribution in [2.75, 3.05) is 28.2 Å². The SMILES string of the molecule is CN(C)C(=O)C1C(N(C)C)=CC=CC1OC1CC1. The van der Waals surface area contributed by atoms with Gasteiger partial charge in [0.25, 0.3) is 0 Å². The fourth-order valence-corrected chi connectivity index (χ4v) is 2.17. The summed E-state index contributed by atoms with van der Waals surface area (Å²) in [4.78, 5) is 16.0. The van der Waals surface area contributed by atoms with Crippen molar-refractivity contribution in [3.63, 3.8) is 0 Å². The molecule has 0 N–H and O–H groups in total. The average molecular weight is 250 g/mol. The average Bonchev–Trinajstić information content (AvgIpc) is 3.11. The molecule has 2 unspecified atom stereocenters. The molecule has 0 saturated heterocycles. The van der Waals surface area contributed by atoms with Crippen molar-refractivity contribution in [1.82, 2.24) is 9.80 Å². The van der Waals surface area contributed by atoms with E-state index in [2.05, 4.69) is 0 Å². The van der Waals surface area contributed by atoms with E-state index in [1.165, 1.54) is 0 Å². The third-order valence-electron chi connectivity index (χ3n) is 3.31. The number of carbonyl (C=O) groups excluding carboxylic acids is 1. The van der Waals surface area contributed by atoms with Crippen LogP contribution in [0.15, 0.2) is 23.9 Å². The summed E-state index contributed by atoms with van der Waals surface area (Å²) in [5.41, 5.74) is 1.02. The Hall–Kier alpha value is -1.29. The first-order valence-corrected chi connectivity index (χ1v) is 6.43. The quantitative estimate of drug-likeness (QED) is 0.753. The smallest absolute Gasteiger partial charge is 0.234 e. The molecule has 0 heterocycles. The van der Waals surface area contributed by atoms with E-state index in [1.54, 1.807) is 19.0 Å². The van der Waals surface area contributed by atoms with E-state index in [9.17, 15) is 4.79 Å². The van der Waals surface area contributed by atoms with Gasteiger partial charge in [0.2, 0.25) is 5.91 Å². The number of carbonyl (C=O) groups is 1. The van der Waals surface area contributed by atoms with Crippen LogP contribution in [0.25, 0.3) is 0 Å². The lowest BCUT2D eigenvalue weighted by Gasteiger charge is -2.33. The van der Waals surface area contributed by atoms with E-state index in [1.807, 2.05) is 37.2 Å². The molecule has 2 atom stereocenters. The minimum absolute atomic E-state index is 0.102. The zero-order chi connectivity index (χ0) is 13.3. The molecule has 2 aliphatic carbocycles. The summed E-state index contributed by atoms with van der Waals surface area (Å²) in [6.07, 6.45) is 8.44. The lowest BCUT2D eigenvalue weighted by molar-refractivity contribution is -0.136. The molecule has 0 aliphatic heterocycles. The highest BCUT2D eigenvalue weighted by atomic mass is 16.5. The van der Waals surface area contributed by atoms with Gasteiger partial charge in [-0.3, -0.25) is 4.79 Å². The van der Waals surface area contributed by atoms with Gasteiger partial charge in [-0.15, -0.1) is 0 Å². The largest absolute Gasteiger partial charge is 0.380 e. The lowest BCUT2D eigenvalue weighted by Crippen LogP contribution is -2.42. The second-order valence-electron chi connectivity index (χ2n) is 5.38. The van der Waals surface area contributed by atoms with Crippen LogP contribution < -0.4 is 0 Å². The van der Waals surface area contributed by atoms with Crippen molar-refractivity contribution in [3.05, 3.63) is 23.9 Å². The first-order chi connectivity index (χ1) is 8.50. The van der Waals surface area contributed by atoms with E-state index in [-0.39, 0.29) is 17.9 Å². The maximum Gasteiger partial charge on any atom is 0.234 e. The topological polar surface area (TPSA) is 32.8 Å². The first-order valence-electron chi connectivity index (χ1n) is 6.43. The van der Waals surface area contributed by atoms with Crippen LogP contribution in [-0.4, -0.2) is 56.1 Å². The molecule has 2 aliphatic rings. The summed E-state index contributed by atoms with van der Waals surface area (Å²) < 4.78 is 5.96. The third kappa shape index (κ3) is 2.75. The number of hydrogen-bond acceptors (Lipinski definition) is 3. The minimum atomic E-state index is -0.222.